The normalized spacial score (nSPS) is 10.8. The van der Waals surface area contributed by atoms with Gasteiger partial charge >= 0.3 is 0 Å². The first kappa shape index (κ1) is 9.36. The van der Waals surface area contributed by atoms with Crippen LogP contribution in [0.4, 0.5) is 0 Å². The van der Waals surface area contributed by atoms with Crippen LogP contribution in [0.25, 0.3) is 6.08 Å². The summed E-state index contributed by atoms with van der Waals surface area (Å²) in [6.07, 6.45) is 3.96. The van der Waals surface area contributed by atoms with Crippen molar-refractivity contribution in [1.82, 2.24) is 0 Å². The molecule has 0 amide bonds. The molecule has 0 atom stereocenters. The fraction of sp³-hybridized carbons (Fsp3) is 0.200. The molecule has 0 bridgehead atoms. The molecule has 0 fully saturated rings. The maximum atomic E-state index is 5.35. The predicted octanol–water partition coefficient (Wildman–Crippen LogP) is 2.09. The summed E-state index contributed by atoms with van der Waals surface area (Å²) in [6.45, 7) is 0.588. The van der Waals surface area contributed by atoms with Crippen LogP contribution < -0.4 is 5.73 Å². The van der Waals surface area contributed by atoms with Crippen LogP contribution in [0.15, 0.2) is 30.3 Å². The second kappa shape index (κ2) is 5.01. The summed E-state index contributed by atoms with van der Waals surface area (Å²) in [5, 5.41) is 0. The van der Waals surface area contributed by atoms with Gasteiger partial charge in [0.05, 0.1) is 0 Å². The minimum Gasteiger partial charge on any atom is -0.327 e. The topological polar surface area (TPSA) is 26.0 Å². The Labute approximate surface area is 78.7 Å². The number of rotatable bonds is 3. The number of hydrogen-bond donors (Lipinski definition) is 2. The molecule has 0 aliphatic rings. The van der Waals surface area contributed by atoms with Gasteiger partial charge in [-0.15, -0.1) is 0 Å². The molecule has 0 radical (unpaired) electrons. The van der Waals surface area contributed by atoms with Gasteiger partial charge in [0.15, 0.2) is 0 Å². The van der Waals surface area contributed by atoms with Crippen LogP contribution in [0.2, 0.25) is 0 Å². The van der Waals surface area contributed by atoms with Crippen molar-refractivity contribution in [2.75, 3.05) is 6.54 Å². The van der Waals surface area contributed by atoms with Crippen molar-refractivity contribution in [3.8, 4) is 0 Å². The van der Waals surface area contributed by atoms with Crippen molar-refractivity contribution in [3.63, 3.8) is 0 Å². The Kier molecular flexibility index (Phi) is 3.91. The van der Waals surface area contributed by atoms with E-state index in [9.17, 15) is 0 Å². The third kappa shape index (κ3) is 2.72. The Morgan fingerprint density at radius 2 is 2.25 bits per heavy atom. The van der Waals surface area contributed by atoms with Gasteiger partial charge < -0.3 is 5.73 Å². The van der Waals surface area contributed by atoms with Gasteiger partial charge in [-0.25, -0.2) is 0 Å². The van der Waals surface area contributed by atoms with E-state index in [4.69, 9.17) is 5.73 Å². The monoisotopic (exact) mass is 179 g/mol. The standard InChI is InChI=1S/C10H13NS/c11-6-2-5-9-3-1-4-10(7-9)8-12/h1-5,7,12H,6,8,11H2. The highest BCUT2D eigenvalue weighted by atomic mass is 32.1. The van der Waals surface area contributed by atoms with E-state index in [1.165, 1.54) is 11.1 Å². The first-order chi connectivity index (χ1) is 5.86. The molecular formula is C10H13NS. The first-order valence-electron chi connectivity index (χ1n) is 3.93. The average molecular weight is 179 g/mol. The molecule has 2 N–H and O–H groups in total. The molecule has 64 valence electrons. The van der Waals surface area contributed by atoms with Crippen LogP contribution in [-0.2, 0) is 5.75 Å². The molecule has 2 heteroatoms. The maximum absolute atomic E-state index is 5.35. The smallest absolute Gasteiger partial charge is 0.0154 e. The first-order valence-corrected chi connectivity index (χ1v) is 4.56. The summed E-state index contributed by atoms with van der Waals surface area (Å²) < 4.78 is 0. The third-order valence-corrected chi connectivity index (χ3v) is 1.95. The van der Waals surface area contributed by atoms with Crippen molar-refractivity contribution in [3.05, 3.63) is 41.5 Å². The highest BCUT2D eigenvalue weighted by Gasteiger charge is 1.89. The largest absolute Gasteiger partial charge is 0.327 e. The summed E-state index contributed by atoms with van der Waals surface area (Å²) >= 11 is 4.20. The van der Waals surface area contributed by atoms with Gasteiger partial charge in [0.25, 0.3) is 0 Å². The molecule has 0 aliphatic heterocycles. The fourth-order valence-corrected chi connectivity index (χ4v) is 1.20. The molecular weight excluding hydrogens is 166 g/mol. The van der Waals surface area contributed by atoms with E-state index in [-0.39, 0.29) is 0 Å². The lowest BCUT2D eigenvalue weighted by Gasteiger charge is -1.97. The minimum absolute atomic E-state index is 0.588. The van der Waals surface area contributed by atoms with E-state index in [0.29, 0.717) is 6.54 Å². The molecule has 0 unspecified atom stereocenters. The van der Waals surface area contributed by atoms with Crippen molar-refractivity contribution < 1.29 is 0 Å². The van der Waals surface area contributed by atoms with Crippen LogP contribution in [0.5, 0.6) is 0 Å². The highest BCUT2D eigenvalue weighted by Crippen LogP contribution is 2.08. The summed E-state index contributed by atoms with van der Waals surface area (Å²) in [4.78, 5) is 0. The molecule has 0 aliphatic carbocycles. The van der Waals surface area contributed by atoms with Crippen LogP contribution >= 0.6 is 12.6 Å². The maximum Gasteiger partial charge on any atom is 0.0154 e. The van der Waals surface area contributed by atoms with Gasteiger partial charge in [-0.3, -0.25) is 0 Å². The Morgan fingerprint density at radius 1 is 1.42 bits per heavy atom. The molecule has 0 saturated carbocycles. The van der Waals surface area contributed by atoms with Gasteiger partial charge in [-0.2, -0.15) is 12.6 Å². The zero-order chi connectivity index (χ0) is 8.81. The SMILES string of the molecule is NCC=Cc1cccc(CS)c1. The van der Waals surface area contributed by atoms with Crippen LogP contribution in [-0.4, -0.2) is 6.54 Å². The highest BCUT2D eigenvalue weighted by molar-refractivity contribution is 7.79. The molecule has 1 rings (SSSR count). The van der Waals surface area contributed by atoms with Crippen LogP contribution in [0.1, 0.15) is 11.1 Å². The second-order valence-corrected chi connectivity index (χ2v) is 2.86. The Hall–Kier alpha value is -0.730. The molecule has 0 heterocycles. The van der Waals surface area contributed by atoms with Crippen LogP contribution in [0.3, 0.4) is 0 Å². The van der Waals surface area contributed by atoms with Crippen molar-refractivity contribution in [1.29, 1.82) is 0 Å². The van der Waals surface area contributed by atoms with E-state index in [1.54, 1.807) is 0 Å². The van der Waals surface area contributed by atoms with Crippen molar-refractivity contribution in [2.45, 2.75) is 5.75 Å². The van der Waals surface area contributed by atoms with Gasteiger partial charge in [-0.05, 0) is 11.1 Å². The Morgan fingerprint density at radius 3 is 2.92 bits per heavy atom. The number of thiol groups is 1. The molecule has 0 saturated heterocycles. The summed E-state index contributed by atoms with van der Waals surface area (Å²) in [5.74, 6) is 0.782. The van der Waals surface area contributed by atoms with E-state index in [1.807, 2.05) is 18.2 Å². The summed E-state index contributed by atoms with van der Waals surface area (Å²) in [5.41, 5.74) is 7.77. The number of nitrogens with two attached hydrogens (primary N) is 1. The molecule has 12 heavy (non-hydrogen) atoms. The predicted molar refractivity (Wildman–Crippen MR) is 57.2 cm³/mol. The molecule has 1 nitrogen and oxygen atoms in total. The Bertz CT molecular complexity index is 268. The molecule has 1 aromatic carbocycles. The number of benzene rings is 1. The van der Waals surface area contributed by atoms with E-state index in [2.05, 4.69) is 30.8 Å². The molecule has 0 spiro atoms. The zero-order valence-electron chi connectivity index (χ0n) is 6.90. The third-order valence-electron chi connectivity index (χ3n) is 1.58. The second-order valence-electron chi connectivity index (χ2n) is 2.54. The van der Waals surface area contributed by atoms with Crippen molar-refractivity contribution in [2.24, 2.45) is 5.73 Å². The average Bonchev–Trinajstić information content (AvgIpc) is 2.15. The van der Waals surface area contributed by atoms with E-state index < -0.39 is 0 Å². The van der Waals surface area contributed by atoms with Crippen LogP contribution in [0, 0.1) is 0 Å². The summed E-state index contributed by atoms with van der Waals surface area (Å²) in [7, 11) is 0. The molecule has 0 aromatic heterocycles. The Balaban J connectivity index is 2.79. The lowest BCUT2D eigenvalue weighted by Crippen LogP contribution is -1.91. The van der Waals surface area contributed by atoms with Crippen molar-refractivity contribution >= 4 is 18.7 Å². The van der Waals surface area contributed by atoms with Gasteiger partial charge in [0.1, 0.15) is 0 Å². The van der Waals surface area contributed by atoms with Gasteiger partial charge in [0.2, 0.25) is 0 Å². The number of hydrogen-bond acceptors (Lipinski definition) is 2. The fourth-order valence-electron chi connectivity index (χ4n) is 0.999. The van der Waals surface area contributed by atoms with Gasteiger partial charge in [-0.1, -0.05) is 36.4 Å². The van der Waals surface area contributed by atoms with E-state index in [0.717, 1.165) is 5.75 Å². The molecule has 1 aromatic rings. The lowest BCUT2D eigenvalue weighted by molar-refractivity contribution is 1.26. The quantitative estimate of drug-likeness (QED) is 0.683. The lowest BCUT2D eigenvalue weighted by atomic mass is 10.1. The minimum atomic E-state index is 0.588. The zero-order valence-corrected chi connectivity index (χ0v) is 7.80. The van der Waals surface area contributed by atoms with Gasteiger partial charge in [0, 0.05) is 12.3 Å². The summed E-state index contributed by atoms with van der Waals surface area (Å²) in [6, 6.07) is 8.26. The van der Waals surface area contributed by atoms with E-state index >= 15 is 0 Å².